The highest BCUT2D eigenvalue weighted by Crippen LogP contribution is 2.13. The number of nitrogens with one attached hydrogen (secondary N) is 1. The lowest BCUT2D eigenvalue weighted by Gasteiger charge is -2.39. The minimum absolute atomic E-state index is 0.164. The summed E-state index contributed by atoms with van der Waals surface area (Å²) in [7, 11) is 0. The van der Waals surface area contributed by atoms with Crippen molar-refractivity contribution in [2.75, 3.05) is 19.6 Å². The first-order chi connectivity index (χ1) is 9.06. The molecular weight excluding hydrogens is 236 g/mol. The Morgan fingerprint density at radius 2 is 1.89 bits per heavy atom. The second-order valence-corrected chi connectivity index (χ2v) is 6.26. The number of carbonyl (C=O) groups excluding carboxylic acids is 1. The number of piperazine rings is 1. The SMILES string of the molecule is CCCCCN1CC(CC)NC(CC(=O)C(C)C)C1. The molecule has 1 aliphatic heterocycles. The second kappa shape index (κ2) is 8.70. The maximum Gasteiger partial charge on any atom is 0.137 e. The topological polar surface area (TPSA) is 32.3 Å². The van der Waals surface area contributed by atoms with Gasteiger partial charge in [-0.3, -0.25) is 4.79 Å². The lowest BCUT2D eigenvalue weighted by Crippen LogP contribution is -2.57. The van der Waals surface area contributed by atoms with Crippen molar-refractivity contribution in [2.45, 2.75) is 71.9 Å². The Labute approximate surface area is 119 Å². The molecule has 1 saturated heterocycles. The Bertz CT molecular complexity index is 265. The summed E-state index contributed by atoms with van der Waals surface area (Å²) in [5, 5.41) is 3.65. The normalized spacial score (nSPS) is 24.9. The van der Waals surface area contributed by atoms with Gasteiger partial charge in [0.25, 0.3) is 0 Å². The van der Waals surface area contributed by atoms with Gasteiger partial charge in [0.15, 0.2) is 0 Å². The first kappa shape index (κ1) is 16.6. The van der Waals surface area contributed by atoms with E-state index in [1.54, 1.807) is 0 Å². The van der Waals surface area contributed by atoms with Gasteiger partial charge in [-0.15, -0.1) is 0 Å². The zero-order valence-corrected chi connectivity index (χ0v) is 13.2. The van der Waals surface area contributed by atoms with Crippen LogP contribution in [0.5, 0.6) is 0 Å². The molecule has 19 heavy (non-hydrogen) atoms. The number of rotatable bonds is 8. The molecule has 0 radical (unpaired) electrons. The molecule has 0 aliphatic carbocycles. The lowest BCUT2D eigenvalue weighted by molar-refractivity contribution is -0.122. The highest BCUT2D eigenvalue weighted by atomic mass is 16.1. The monoisotopic (exact) mass is 268 g/mol. The van der Waals surface area contributed by atoms with Crippen LogP contribution in [0.15, 0.2) is 0 Å². The van der Waals surface area contributed by atoms with Gasteiger partial charge >= 0.3 is 0 Å². The van der Waals surface area contributed by atoms with Gasteiger partial charge in [0, 0.05) is 37.5 Å². The molecule has 0 saturated carbocycles. The third-order valence-corrected chi connectivity index (χ3v) is 4.09. The van der Waals surface area contributed by atoms with Gasteiger partial charge in [-0.2, -0.15) is 0 Å². The third-order valence-electron chi connectivity index (χ3n) is 4.09. The molecule has 1 N–H and O–H groups in total. The van der Waals surface area contributed by atoms with Crippen LogP contribution in [-0.4, -0.2) is 42.4 Å². The van der Waals surface area contributed by atoms with E-state index in [0.717, 1.165) is 19.5 Å². The van der Waals surface area contributed by atoms with Gasteiger partial charge < -0.3 is 10.2 Å². The van der Waals surface area contributed by atoms with Crippen LogP contribution in [-0.2, 0) is 4.79 Å². The molecule has 0 aromatic heterocycles. The van der Waals surface area contributed by atoms with E-state index < -0.39 is 0 Å². The van der Waals surface area contributed by atoms with Crippen molar-refractivity contribution in [3.8, 4) is 0 Å². The smallest absolute Gasteiger partial charge is 0.137 e. The Balaban J connectivity index is 2.45. The van der Waals surface area contributed by atoms with Crippen molar-refractivity contribution in [3.05, 3.63) is 0 Å². The minimum Gasteiger partial charge on any atom is -0.308 e. The first-order valence-electron chi connectivity index (χ1n) is 8.07. The molecule has 0 aromatic rings. The maximum atomic E-state index is 11.9. The average molecular weight is 268 g/mol. The zero-order valence-electron chi connectivity index (χ0n) is 13.2. The highest BCUT2D eigenvalue weighted by molar-refractivity contribution is 5.80. The molecule has 1 rings (SSSR count). The van der Waals surface area contributed by atoms with E-state index in [-0.39, 0.29) is 5.92 Å². The van der Waals surface area contributed by atoms with Crippen LogP contribution in [0, 0.1) is 5.92 Å². The fraction of sp³-hybridized carbons (Fsp3) is 0.938. The quantitative estimate of drug-likeness (QED) is 0.687. The van der Waals surface area contributed by atoms with Crippen molar-refractivity contribution in [3.63, 3.8) is 0 Å². The van der Waals surface area contributed by atoms with E-state index in [2.05, 4.69) is 24.1 Å². The van der Waals surface area contributed by atoms with Crippen molar-refractivity contribution >= 4 is 5.78 Å². The van der Waals surface area contributed by atoms with E-state index in [1.165, 1.54) is 25.8 Å². The van der Waals surface area contributed by atoms with E-state index in [9.17, 15) is 4.79 Å². The first-order valence-corrected chi connectivity index (χ1v) is 8.07. The number of ketones is 1. The molecular formula is C16H32N2O. The van der Waals surface area contributed by atoms with Gasteiger partial charge in [0.05, 0.1) is 0 Å². The largest absolute Gasteiger partial charge is 0.308 e. The molecule has 1 aliphatic rings. The number of hydrogen-bond donors (Lipinski definition) is 1. The summed E-state index contributed by atoms with van der Waals surface area (Å²) in [5.41, 5.74) is 0. The highest BCUT2D eigenvalue weighted by Gasteiger charge is 2.27. The number of hydrogen-bond acceptors (Lipinski definition) is 3. The number of carbonyl (C=O) groups is 1. The van der Waals surface area contributed by atoms with Crippen molar-refractivity contribution < 1.29 is 4.79 Å². The van der Waals surface area contributed by atoms with E-state index in [1.807, 2.05) is 13.8 Å². The number of unbranched alkanes of at least 4 members (excludes halogenated alkanes) is 2. The van der Waals surface area contributed by atoms with Crippen molar-refractivity contribution in [2.24, 2.45) is 5.92 Å². The van der Waals surface area contributed by atoms with Crippen LogP contribution in [0.4, 0.5) is 0 Å². The van der Waals surface area contributed by atoms with Gasteiger partial charge in [0.1, 0.15) is 5.78 Å². The zero-order chi connectivity index (χ0) is 14.3. The molecule has 2 unspecified atom stereocenters. The van der Waals surface area contributed by atoms with Crippen LogP contribution >= 0.6 is 0 Å². The Morgan fingerprint density at radius 3 is 2.47 bits per heavy atom. The number of nitrogens with zero attached hydrogens (tertiary/aromatic N) is 1. The fourth-order valence-electron chi connectivity index (χ4n) is 2.75. The predicted molar refractivity (Wildman–Crippen MR) is 81.4 cm³/mol. The summed E-state index contributed by atoms with van der Waals surface area (Å²) in [4.78, 5) is 14.5. The summed E-state index contributed by atoms with van der Waals surface area (Å²) >= 11 is 0. The molecule has 1 fully saturated rings. The second-order valence-electron chi connectivity index (χ2n) is 6.26. The molecule has 1 heterocycles. The summed E-state index contributed by atoms with van der Waals surface area (Å²) in [6, 6.07) is 0.913. The Kier molecular flexibility index (Phi) is 7.62. The van der Waals surface area contributed by atoms with Crippen LogP contribution in [0.1, 0.15) is 59.8 Å². The maximum absolute atomic E-state index is 11.9. The molecule has 3 nitrogen and oxygen atoms in total. The van der Waals surface area contributed by atoms with E-state index in [4.69, 9.17) is 0 Å². The van der Waals surface area contributed by atoms with Crippen LogP contribution < -0.4 is 5.32 Å². The van der Waals surface area contributed by atoms with Gasteiger partial charge in [-0.05, 0) is 19.4 Å². The standard InChI is InChI=1S/C16H32N2O/c1-5-7-8-9-18-11-14(6-2)17-15(12-18)10-16(19)13(3)4/h13-15,17H,5-12H2,1-4H3. The average Bonchev–Trinajstić information content (AvgIpc) is 2.38. The fourth-order valence-corrected chi connectivity index (χ4v) is 2.75. The van der Waals surface area contributed by atoms with Crippen LogP contribution in [0.2, 0.25) is 0 Å². The molecule has 3 heteroatoms. The number of Topliss-reactive ketones (excluding diaryl/α,β-unsaturated/α-hetero) is 1. The van der Waals surface area contributed by atoms with Gasteiger partial charge in [-0.1, -0.05) is 40.5 Å². The van der Waals surface area contributed by atoms with E-state index in [0.29, 0.717) is 24.3 Å². The summed E-state index contributed by atoms with van der Waals surface area (Å²) in [6.45, 7) is 11.9. The van der Waals surface area contributed by atoms with Gasteiger partial charge in [0.2, 0.25) is 0 Å². The Hall–Kier alpha value is -0.410. The summed E-state index contributed by atoms with van der Waals surface area (Å²) < 4.78 is 0. The van der Waals surface area contributed by atoms with Crippen molar-refractivity contribution in [1.29, 1.82) is 0 Å². The summed E-state index contributed by atoms with van der Waals surface area (Å²) in [6.07, 6.45) is 5.72. The molecule has 0 aromatic carbocycles. The molecule has 0 amide bonds. The van der Waals surface area contributed by atoms with Crippen LogP contribution in [0.3, 0.4) is 0 Å². The van der Waals surface area contributed by atoms with E-state index >= 15 is 0 Å². The molecule has 0 spiro atoms. The van der Waals surface area contributed by atoms with Crippen molar-refractivity contribution in [1.82, 2.24) is 10.2 Å². The molecule has 0 bridgehead atoms. The van der Waals surface area contributed by atoms with Gasteiger partial charge in [-0.25, -0.2) is 0 Å². The Morgan fingerprint density at radius 1 is 1.21 bits per heavy atom. The lowest BCUT2D eigenvalue weighted by atomic mass is 9.98. The summed E-state index contributed by atoms with van der Waals surface area (Å²) in [5.74, 6) is 0.556. The third kappa shape index (κ3) is 6.05. The molecule has 2 atom stereocenters. The molecule has 112 valence electrons. The predicted octanol–water partition coefficient (Wildman–Crippen LogP) is 2.84. The minimum atomic E-state index is 0.164. The van der Waals surface area contributed by atoms with Crippen LogP contribution in [0.25, 0.3) is 0 Å².